The highest BCUT2D eigenvalue weighted by atomic mass is 127. The third-order valence-corrected chi connectivity index (χ3v) is 5.45. The normalized spacial score (nSPS) is 16.2. The Morgan fingerprint density at radius 3 is 2.68 bits per heavy atom. The molecule has 1 aliphatic heterocycles. The molecule has 0 spiro atoms. The number of methoxy groups -OCH3 is 1. The predicted octanol–water partition coefficient (Wildman–Crippen LogP) is 4.28. The van der Waals surface area contributed by atoms with E-state index in [9.17, 15) is 4.79 Å². The van der Waals surface area contributed by atoms with Gasteiger partial charge in [0.05, 0.1) is 10.7 Å². The molecule has 2 aromatic rings. The number of ether oxygens (including phenoxy) is 1. The third kappa shape index (κ3) is 3.82. The van der Waals surface area contributed by atoms with Crippen LogP contribution in [0.15, 0.2) is 36.4 Å². The van der Waals surface area contributed by atoms with Gasteiger partial charge in [-0.05, 0) is 71.1 Å². The van der Waals surface area contributed by atoms with Crippen LogP contribution >= 0.6 is 22.6 Å². The number of carbonyl (C=O) groups excluding carboxylic acids is 1. The second-order valence-corrected chi connectivity index (χ2v) is 8.39. The summed E-state index contributed by atoms with van der Waals surface area (Å²) in [5.41, 5.74) is 4.22. The fourth-order valence-electron chi connectivity index (χ4n) is 3.58. The Balaban J connectivity index is 1.83. The molecular weight excluding hydrogens is 427 g/mol. The summed E-state index contributed by atoms with van der Waals surface area (Å²) in [5, 5.41) is 3.01. The highest BCUT2D eigenvalue weighted by Crippen LogP contribution is 2.34. The van der Waals surface area contributed by atoms with Crippen molar-refractivity contribution in [3.63, 3.8) is 0 Å². The van der Waals surface area contributed by atoms with Gasteiger partial charge in [-0.2, -0.15) is 0 Å². The molecule has 25 heavy (non-hydrogen) atoms. The van der Waals surface area contributed by atoms with Crippen molar-refractivity contribution in [3.05, 3.63) is 56.7 Å². The summed E-state index contributed by atoms with van der Waals surface area (Å²) in [6.45, 7) is 6.47. The lowest BCUT2D eigenvalue weighted by Crippen LogP contribution is -2.39. The first-order valence-corrected chi connectivity index (χ1v) is 9.35. The Hall–Kier alpha value is -1.60. The zero-order valence-electron chi connectivity index (χ0n) is 15.0. The lowest BCUT2D eigenvalue weighted by molar-refractivity contribution is 0.102. The molecule has 0 bridgehead atoms. The molecule has 1 heterocycles. The highest BCUT2D eigenvalue weighted by molar-refractivity contribution is 14.1. The Kier molecular flexibility index (Phi) is 5.06. The van der Waals surface area contributed by atoms with Crippen LogP contribution in [0.1, 0.15) is 35.3 Å². The minimum absolute atomic E-state index is 0.107. The minimum atomic E-state index is -0.107. The van der Waals surface area contributed by atoms with Crippen LogP contribution in [0, 0.1) is 3.57 Å². The van der Waals surface area contributed by atoms with E-state index in [1.54, 1.807) is 13.2 Å². The van der Waals surface area contributed by atoms with Crippen LogP contribution in [0.4, 0.5) is 5.69 Å². The fraction of sp³-hybridized carbons (Fsp3) is 0.350. The molecule has 0 atom stereocenters. The molecule has 1 aliphatic rings. The van der Waals surface area contributed by atoms with Crippen molar-refractivity contribution >= 4 is 34.2 Å². The monoisotopic (exact) mass is 450 g/mol. The molecule has 0 unspecified atom stereocenters. The van der Waals surface area contributed by atoms with Crippen LogP contribution in [-0.4, -0.2) is 31.5 Å². The van der Waals surface area contributed by atoms with Gasteiger partial charge in [0, 0.05) is 29.8 Å². The summed E-state index contributed by atoms with van der Waals surface area (Å²) < 4.78 is 6.16. The number of amides is 1. The molecule has 0 aromatic heterocycles. The van der Waals surface area contributed by atoms with Gasteiger partial charge in [0.1, 0.15) is 5.75 Å². The average Bonchev–Trinajstić information content (AvgIpc) is 2.53. The molecule has 132 valence electrons. The van der Waals surface area contributed by atoms with Crippen molar-refractivity contribution in [1.82, 2.24) is 4.90 Å². The average molecular weight is 450 g/mol. The van der Waals surface area contributed by atoms with E-state index in [2.05, 4.69) is 65.8 Å². The molecule has 4 nitrogen and oxygen atoms in total. The molecular formula is C20H23IN2O2. The van der Waals surface area contributed by atoms with Gasteiger partial charge in [-0.1, -0.05) is 19.9 Å². The maximum Gasteiger partial charge on any atom is 0.255 e. The molecule has 2 aromatic carbocycles. The van der Waals surface area contributed by atoms with Gasteiger partial charge in [0.2, 0.25) is 0 Å². The minimum Gasteiger partial charge on any atom is -0.496 e. The van der Waals surface area contributed by atoms with Crippen LogP contribution in [0.25, 0.3) is 0 Å². The van der Waals surface area contributed by atoms with Crippen molar-refractivity contribution in [1.29, 1.82) is 0 Å². The first kappa shape index (κ1) is 18.2. The highest BCUT2D eigenvalue weighted by Gasteiger charge is 2.30. The second kappa shape index (κ2) is 6.96. The number of nitrogens with zero attached hydrogens (tertiary/aromatic N) is 1. The molecule has 0 saturated heterocycles. The van der Waals surface area contributed by atoms with Gasteiger partial charge in [-0.3, -0.25) is 4.79 Å². The summed E-state index contributed by atoms with van der Waals surface area (Å²) >= 11 is 2.17. The molecule has 1 amide bonds. The van der Waals surface area contributed by atoms with E-state index in [4.69, 9.17) is 4.74 Å². The zero-order chi connectivity index (χ0) is 18.2. The number of carbonyl (C=O) groups is 1. The van der Waals surface area contributed by atoms with Gasteiger partial charge >= 0.3 is 0 Å². The number of hydrogen-bond acceptors (Lipinski definition) is 3. The van der Waals surface area contributed by atoms with Gasteiger partial charge in [-0.25, -0.2) is 0 Å². The predicted molar refractivity (Wildman–Crippen MR) is 109 cm³/mol. The topological polar surface area (TPSA) is 41.6 Å². The molecule has 0 fully saturated rings. The van der Waals surface area contributed by atoms with Crippen LogP contribution in [-0.2, 0) is 12.0 Å². The van der Waals surface area contributed by atoms with E-state index in [0.717, 1.165) is 28.1 Å². The Bertz CT molecular complexity index is 817. The summed E-state index contributed by atoms with van der Waals surface area (Å²) in [5.74, 6) is 0.667. The van der Waals surface area contributed by atoms with Crippen LogP contribution in [0.5, 0.6) is 5.75 Å². The molecule has 0 aliphatic carbocycles. The Morgan fingerprint density at radius 2 is 2.00 bits per heavy atom. The number of fused-ring (bicyclic) bond motifs is 1. The van der Waals surface area contributed by atoms with Crippen LogP contribution in [0.2, 0.25) is 0 Å². The smallest absolute Gasteiger partial charge is 0.255 e. The number of rotatable bonds is 3. The van der Waals surface area contributed by atoms with Crippen molar-refractivity contribution in [2.24, 2.45) is 0 Å². The van der Waals surface area contributed by atoms with Crippen LogP contribution < -0.4 is 10.1 Å². The SMILES string of the molecule is COc1ccc(C(=O)Nc2ccc3c(c2)CN(C)CC3(C)C)cc1I. The van der Waals surface area contributed by atoms with E-state index in [0.29, 0.717) is 5.56 Å². The standard InChI is InChI=1S/C20H23IN2O2/c1-20(2)12-23(3)11-14-9-15(6-7-16(14)20)22-19(24)13-5-8-18(25-4)17(21)10-13/h5-10H,11-12H2,1-4H3,(H,22,24). The first-order valence-electron chi connectivity index (χ1n) is 8.27. The molecule has 3 rings (SSSR count). The van der Waals surface area contributed by atoms with Gasteiger partial charge in [0.15, 0.2) is 0 Å². The van der Waals surface area contributed by atoms with E-state index < -0.39 is 0 Å². The van der Waals surface area contributed by atoms with Gasteiger partial charge < -0.3 is 15.0 Å². The van der Waals surface area contributed by atoms with Crippen molar-refractivity contribution in [3.8, 4) is 5.75 Å². The van der Waals surface area contributed by atoms with Crippen molar-refractivity contribution < 1.29 is 9.53 Å². The fourth-order valence-corrected chi connectivity index (χ4v) is 4.32. The maximum atomic E-state index is 12.6. The third-order valence-electron chi connectivity index (χ3n) is 4.61. The lowest BCUT2D eigenvalue weighted by Gasteiger charge is -2.38. The van der Waals surface area contributed by atoms with E-state index >= 15 is 0 Å². The zero-order valence-corrected chi connectivity index (χ0v) is 17.2. The quantitative estimate of drug-likeness (QED) is 0.711. The van der Waals surface area contributed by atoms with Gasteiger partial charge in [0.25, 0.3) is 5.91 Å². The number of hydrogen-bond donors (Lipinski definition) is 1. The van der Waals surface area contributed by atoms with Crippen molar-refractivity contribution in [2.75, 3.05) is 26.0 Å². The van der Waals surface area contributed by atoms with Crippen LogP contribution in [0.3, 0.4) is 0 Å². The second-order valence-electron chi connectivity index (χ2n) is 7.23. The Morgan fingerprint density at radius 1 is 1.24 bits per heavy atom. The van der Waals surface area contributed by atoms with Gasteiger partial charge in [-0.15, -0.1) is 0 Å². The number of likely N-dealkylation sites (N-methyl/N-ethyl adjacent to an activating group) is 1. The molecule has 5 heteroatoms. The largest absolute Gasteiger partial charge is 0.496 e. The molecule has 0 radical (unpaired) electrons. The number of benzene rings is 2. The first-order chi connectivity index (χ1) is 11.8. The number of halogens is 1. The number of nitrogens with one attached hydrogen (secondary N) is 1. The summed E-state index contributed by atoms with van der Waals surface area (Å²) in [6, 6.07) is 11.7. The number of anilines is 1. The summed E-state index contributed by atoms with van der Waals surface area (Å²) in [7, 11) is 3.76. The summed E-state index contributed by atoms with van der Waals surface area (Å²) in [6.07, 6.45) is 0. The van der Waals surface area contributed by atoms with Crippen molar-refractivity contribution in [2.45, 2.75) is 25.8 Å². The van der Waals surface area contributed by atoms with E-state index in [-0.39, 0.29) is 11.3 Å². The maximum absolute atomic E-state index is 12.6. The summed E-state index contributed by atoms with van der Waals surface area (Å²) in [4.78, 5) is 14.9. The molecule has 0 saturated carbocycles. The molecule has 1 N–H and O–H groups in total. The lowest BCUT2D eigenvalue weighted by atomic mass is 9.78. The van der Waals surface area contributed by atoms with E-state index in [1.807, 2.05) is 18.2 Å². The van der Waals surface area contributed by atoms with E-state index in [1.165, 1.54) is 11.1 Å². The Labute approximate surface area is 162 Å².